The fourth-order valence-corrected chi connectivity index (χ4v) is 3.49. The summed E-state index contributed by atoms with van der Waals surface area (Å²) in [4.78, 5) is 24.8. The van der Waals surface area contributed by atoms with E-state index in [-0.39, 0.29) is 24.7 Å². The van der Waals surface area contributed by atoms with Gasteiger partial charge in [0.05, 0.1) is 23.7 Å². The minimum atomic E-state index is -1.54. The van der Waals surface area contributed by atoms with Crippen molar-refractivity contribution in [2.75, 3.05) is 6.61 Å². The minimum absolute atomic E-state index is 0.0430. The van der Waals surface area contributed by atoms with Crippen LogP contribution in [0.15, 0.2) is 72.8 Å². The van der Waals surface area contributed by atoms with Gasteiger partial charge >= 0.3 is 5.97 Å². The van der Waals surface area contributed by atoms with E-state index < -0.39 is 23.0 Å². The molecule has 3 aromatic carbocycles. The van der Waals surface area contributed by atoms with Gasteiger partial charge in [-0.3, -0.25) is 4.79 Å². The zero-order chi connectivity index (χ0) is 23.1. The van der Waals surface area contributed by atoms with Crippen LogP contribution in [0.1, 0.15) is 41.8 Å². The van der Waals surface area contributed by atoms with Gasteiger partial charge in [-0.25, -0.2) is 13.6 Å². The van der Waals surface area contributed by atoms with E-state index in [4.69, 9.17) is 9.47 Å². The number of rotatable bonds is 9. The van der Waals surface area contributed by atoms with Crippen LogP contribution < -0.4 is 4.74 Å². The lowest BCUT2D eigenvalue weighted by molar-refractivity contribution is 0.0489. The van der Waals surface area contributed by atoms with Gasteiger partial charge < -0.3 is 9.47 Å². The van der Waals surface area contributed by atoms with Crippen molar-refractivity contribution in [1.29, 1.82) is 0 Å². The van der Waals surface area contributed by atoms with Gasteiger partial charge in [0.1, 0.15) is 5.75 Å². The number of ether oxygens (including phenoxy) is 2. The van der Waals surface area contributed by atoms with Crippen LogP contribution in [-0.4, -0.2) is 25.0 Å². The molecule has 0 fully saturated rings. The first-order chi connectivity index (χ1) is 15.4. The van der Waals surface area contributed by atoms with E-state index in [1.807, 2.05) is 20.1 Å². The Hall–Kier alpha value is -3.54. The summed E-state index contributed by atoms with van der Waals surface area (Å²) in [6, 6.07) is 18.5. The van der Waals surface area contributed by atoms with E-state index in [1.54, 1.807) is 54.6 Å². The van der Waals surface area contributed by atoms with Gasteiger partial charge in [0.15, 0.2) is 11.6 Å². The largest absolute Gasteiger partial charge is 0.491 e. The summed E-state index contributed by atoms with van der Waals surface area (Å²) < 4.78 is 39.0. The second-order valence-corrected chi connectivity index (χ2v) is 7.55. The second kappa shape index (κ2) is 10.2. The quantitative estimate of drug-likeness (QED) is 0.421. The lowest BCUT2D eigenvalue weighted by Gasteiger charge is -2.30. The molecule has 0 N–H and O–H groups in total. The Kier molecular flexibility index (Phi) is 7.36. The standard InChI is InChI=1S/C26H23F2O4/c1-18(2)32-24-11-7-6-10-21(24)26(17-29,20-12-13-22(27)23(28)16-20)14-15-31-25(30)19-8-4-3-5-9-19/h3-13,16,18H,14-15H2,1-2H3. The molecule has 0 saturated heterocycles. The maximum atomic E-state index is 14.1. The SMILES string of the molecule is CC(C)Oc1ccccc1C([C]=O)(CCOC(=O)c1ccccc1)c1ccc(F)c(F)c1. The first-order valence-corrected chi connectivity index (χ1v) is 10.2. The van der Waals surface area contributed by atoms with E-state index in [0.717, 1.165) is 12.1 Å². The highest BCUT2D eigenvalue weighted by molar-refractivity contribution is 5.89. The molecule has 0 saturated carbocycles. The highest BCUT2D eigenvalue weighted by Crippen LogP contribution is 2.40. The van der Waals surface area contributed by atoms with Crippen LogP contribution in [0.2, 0.25) is 0 Å². The summed E-state index contributed by atoms with van der Waals surface area (Å²) in [6.45, 7) is 3.52. The van der Waals surface area contributed by atoms with Gasteiger partial charge in [-0.2, -0.15) is 0 Å². The van der Waals surface area contributed by atoms with Crippen LogP contribution in [0.25, 0.3) is 0 Å². The van der Waals surface area contributed by atoms with Crippen molar-refractivity contribution in [1.82, 2.24) is 0 Å². The molecular weight excluding hydrogens is 414 g/mol. The molecule has 1 radical (unpaired) electrons. The number of carbonyl (C=O) groups excluding carboxylic acids is 2. The summed E-state index contributed by atoms with van der Waals surface area (Å²) >= 11 is 0. The summed E-state index contributed by atoms with van der Waals surface area (Å²) in [5.41, 5.74) is -0.575. The van der Waals surface area contributed by atoms with Crippen molar-refractivity contribution in [3.63, 3.8) is 0 Å². The summed E-state index contributed by atoms with van der Waals surface area (Å²) in [5, 5.41) is 0. The Morgan fingerprint density at radius 2 is 1.66 bits per heavy atom. The highest BCUT2D eigenvalue weighted by atomic mass is 19.2. The molecule has 0 bridgehead atoms. The molecule has 6 heteroatoms. The van der Waals surface area contributed by atoms with Gasteiger partial charge in [-0.15, -0.1) is 0 Å². The van der Waals surface area contributed by atoms with Crippen LogP contribution in [0, 0.1) is 11.6 Å². The second-order valence-electron chi connectivity index (χ2n) is 7.55. The minimum Gasteiger partial charge on any atom is -0.491 e. The Bertz CT molecular complexity index is 1080. The lowest BCUT2D eigenvalue weighted by atomic mass is 9.73. The van der Waals surface area contributed by atoms with Crippen LogP contribution in [0.4, 0.5) is 8.78 Å². The summed E-state index contributed by atoms with van der Waals surface area (Å²) in [5.74, 6) is -2.27. The van der Waals surface area contributed by atoms with E-state index >= 15 is 0 Å². The molecule has 0 aromatic heterocycles. The predicted octanol–water partition coefficient (Wildman–Crippen LogP) is 5.39. The molecule has 0 aliphatic carbocycles. The monoisotopic (exact) mass is 437 g/mol. The third kappa shape index (κ3) is 5.02. The number of hydrogen-bond donors (Lipinski definition) is 0. The van der Waals surface area contributed by atoms with Crippen LogP contribution >= 0.6 is 0 Å². The maximum absolute atomic E-state index is 14.1. The Morgan fingerprint density at radius 3 is 2.31 bits per heavy atom. The number of hydrogen-bond acceptors (Lipinski definition) is 4. The number of halogens is 2. The molecule has 32 heavy (non-hydrogen) atoms. The van der Waals surface area contributed by atoms with Crippen molar-refractivity contribution < 1.29 is 27.8 Å². The smallest absolute Gasteiger partial charge is 0.338 e. The topological polar surface area (TPSA) is 52.6 Å². The van der Waals surface area contributed by atoms with Crippen molar-refractivity contribution >= 4 is 12.3 Å². The Balaban J connectivity index is 2.00. The van der Waals surface area contributed by atoms with E-state index in [9.17, 15) is 18.4 Å². The van der Waals surface area contributed by atoms with Crippen LogP contribution in [0.3, 0.4) is 0 Å². The molecule has 4 nitrogen and oxygen atoms in total. The number of benzene rings is 3. The molecule has 0 aliphatic rings. The predicted molar refractivity (Wildman–Crippen MR) is 116 cm³/mol. The van der Waals surface area contributed by atoms with Crippen molar-refractivity contribution in [2.24, 2.45) is 0 Å². The molecule has 165 valence electrons. The normalized spacial score (nSPS) is 12.8. The molecule has 1 atom stereocenters. The van der Waals surface area contributed by atoms with E-state index in [2.05, 4.69) is 0 Å². The molecule has 0 amide bonds. The van der Waals surface area contributed by atoms with E-state index in [1.165, 1.54) is 6.07 Å². The van der Waals surface area contributed by atoms with Gasteiger partial charge in [0.2, 0.25) is 6.29 Å². The third-order valence-corrected chi connectivity index (χ3v) is 5.02. The fraction of sp³-hybridized carbons (Fsp3) is 0.231. The number of esters is 1. The van der Waals surface area contributed by atoms with Crippen LogP contribution in [0.5, 0.6) is 5.75 Å². The Labute approximate surface area is 185 Å². The third-order valence-electron chi connectivity index (χ3n) is 5.02. The van der Waals surface area contributed by atoms with Gasteiger partial charge in [0.25, 0.3) is 0 Å². The van der Waals surface area contributed by atoms with Gasteiger partial charge in [0, 0.05) is 12.0 Å². The molecule has 0 heterocycles. The number of para-hydroxylation sites is 1. The highest BCUT2D eigenvalue weighted by Gasteiger charge is 2.39. The van der Waals surface area contributed by atoms with Gasteiger partial charge in [-0.05, 0) is 49.7 Å². The average molecular weight is 437 g/mol. The molecule has 0 aliphatic heterocycles. The Morgan fingerprint density at radius 1 is 0.969 bits per heavy atom. The zero-order valence-corrected chi connectivity index (χ0v) is 17.8. The number of carbonyl (C=O) groups is 1. The molecule has 1 unspecified atom stereocenters. The fourth-order valence-electron chi connectivity index (χ4n) is 3.49. The summed E-state index contributed by atoms with van der Waals surface area (Å²) in [6.07, 6.45) is 1.78. The van der Waals surface area contributed by atoms with Crippen molar-refractivity contribution in [3.8, 4) is 5.75 Å². The summed E-state index contributed by atoms with van der Waals surface area (Å²) in [7, 11) is 0. The van der Waals surface area contributed by atoms with Crippen molar-refractivity contribution in [2.45, 2.75) is 31.8 Å². The van der Waals surface area contributed by atoms with Gasteiger partial charge in [-0.1, -0.05) is 42.5 Å². The first kappa shape index (κ1) is 23.1. The average Bonchev–Trinajstić information content (AvgIpc) is 2.79. The first-order valence-electron chi connectivity index (χ1n) is 10.2. The lowest BCUT2D eigenvalue weighted by Crippen LogP contribution is -2.33. The maximum Gasteiger partial charge on any atom is 0.338 e. The zero-order valence-electron chi connectivity index (χ0n) is 17.8. The van der Waals surface area contributed by atoms with Crippen LogP contribution in [-0.2, 0) is 14.9 Å². The molecule has 0 spiro atoms. The van der Waals surface area contributed by atoms with Crippen molar-refractivity contribution in [3.05, 3.63) is 101 Å². The molecule has 3 rings (SSSR count). The molecular formula is C26H23F2O4. The van der Waals surface area contributed by atoms with E-state index in [0.29, 0.717) is 16.9 Å². The molecule has 3 aromatic rings.